The van der Waals surface area contributed by atoms with Crippen molar-refractivity contribution in [3.05, 3.63) is 120 Å². The summed E-state index contributed by atoms with van der Waals surface area (Å²) in [5.41, 5.74) is 2.71. The lowest BCUT2D eigenvalue weighted by atomic mass is 10.0. The fourth-order valence-corrected chi connectivity index (χ4v) is 12.2. The number of benzene rings is 4. The summed E-state index contributed by atoms with van der Waals surface area (Å²) >= 11 is 0. The zero-order valence-electron chi connectivity index (χ0n) is 55.6. The van der Waals surface area contributed by atoms with Crippen molar-refractivity contribution in [2.45, 2.75) is 37.8 Å². The van der Waals surface area contributed by atoms with Gasteiger partial charge in [0.15, 0.2) is 11.6 Å². The number of carbonyl (C=O) groups excluding carboxylic acids is 6. The highest BCUT2D eigenvalue weighted by Crippen LogP contribution is 2.30. The highest BCUT2D eigenvalue weighted by Gasteiger charge is 2.31. The Balaban J connectivity index is 0.773. The minimum absolute atomic E-state index is 0.0578. The third-order valence-corrected chi connectivity index (χ3v) is 17.9. The van der Waals surface area contributed by atoms with E-state index in [0.717, 1.165) is 37.8 Å². The number of urea groups is 2. The Kier molecular flexibility index (Phi) is 22.1. The van der Waals surface area contributed by atoms with E-state index in [1.54, 1.807) is 82.6 Å². The minimum Gasteiger partial charge on any atom is -0.378 e. The van der Waals surface area contributed by atoms with E-state index in [-0.39, 0.29) is 23.2 Å². The summed E-state index contributed by atoms with van der Waals surface area (Å²) in [6.07, 6.45) is 4.74. The van der Waals surface area contributed by atoms with E-state index in [9.17, 15) is 28.8 Å². The molecular formula is C68H82N18O12. The molecule has 30 heteroatoms. The summed E-state index contributed by atoms with van der Waals surface area (Å²) in [5.74, 6) is 0.118. The molecule has 12 rings (SSSR count). The van der Waals surface area contributed by atoms with Crippen molar-refractivity contribution >= 4 is 82.4 Å². The van der Waals surface area contributed by atoms with Crippen LogP contribution in [0.1, 0.15) is 46.4 Å². The van der Waals surface area contributed by atoms with Crippen molar-refractivity contribution in [3.8, 4) is 22.8 Å². The highest BCUT2D eigenvalue weighted by molar-refractivity contribution is 6.05. The highest BCUT2D eigenvalue weighted by atomic mass is 16.7. The largest absolute Gasteiger partial charge is 0.378 e. The topological polar surface area (TPSA) is 292 Å². The van der Waals surface area contributed by atoms with Crippen LogP contribution in [0, 0.1) is 0 Å². The summed E-state index contributed by atoms with van der Waals surface area (Å²) in [6.45, 7) is 11.4. The summed E-state index contributed by atoms with van der Waals surface area (Å²) < 4.78 is 22.4. The van der Waals surface area contributed by atoms with E-state index in [2.05, 4.69) is 40.0 Å². The number of amides is 6. The van der Waals surface area contributed by atoms with Crippen molar-refractivity contribution in [3.63, 3.8) is 0 Å². The Labute approximate surface area is 567 Å². The number of morpholine rings is 4. The number of nitrogens with zero attached hydrogens (tertiary/aromatic N) is 16. The predicted octanol–water partition coefficient (Wildman–Crippen LogP) is 5.32. The van der Waals surface area contributed by atoms with E-state index < -0.39 is 24.0 Å². The van der Waals surface area contributed by atoms with Crippen LogP contribution < -0.4 is 40.4 Å². The fourth-order valence-electron chi connectivity index (χ4n) is 12.2. The molecule has 6 aliphatic rings. The standard InChI is InChI=1S/C68H82N18O12/c1-77(2)53-23-27-79(28-24-53)61(89)49-9-17-55(18-10-49)85(67(91)69-51-13-5-47(6-14-51)59-71-63(81-31-39-93-40-32-81)75-64(72-59)82-33-41-94-42-34-82)97-57(87)21-22-58(88)98-86(56-19-11-50(12-20-56)62(90)80-29-25-54(26-30-80)78(3)4)68(92)70-52-15-7-48(8-16-52)60-73-65(83-35-43-95-44-36-83)76-66(74-60)84-37-45-96-46-38-84/h5-22,53-54H,23-46H2,1-4H3,(H,69,91)(H,70,92)/b22-21-. The summed E-state index contributed by atoms with van der Waals surface area (Å²) in [6, 6.07) is 24.5. The van der Waals surface area contributed by atoms with E-state index in [1.165, 1.54) is 24.3 Å². The van der Waals surface area contributed by atoms with Gasteiger partial charge in [-0.3, -0.25) is 9.59 Å². The lowest BCUT2D eigenvalue weighted by molar-refractivity contribution is -0.140. The van der Waals surface area contributed by atoms with Crippen LogP contribution in [0.25, 0.3) is 22.8 Å². The average Bonchev–Trinajstić information content (AvgIpc) is 0.820. The van der Waals surface area contributed by atoms with Gasteiger partial charge in [0.1, 0.15) is 0 Å². The van der Waals surface area contributed by atoms with Crippen molar-refractivity contribution < 1.29 is 57.4 Å². The van der Waals surface area contributed by atoms with Gasteiger partial charge in [0.05, 0.1) is 64.2 Å². The fraction of sp³-hybridized carbons (Fsp3) is 0.441. The van der Waals surface area contributed by atoms with E-state index >= 15 is 0 Å². The number of likely N-dealkylation sites (tertiary alicyclic amines) is 2. The Bertz CT molecular complexity index is 3460. The van der Waals surface area contributed by atoms with Crippen molar-refractivity contribution in [1.29, 1.82) is 0 Å². The van der Waals surface area contributed by atoms with Gasteiger partial charge >= 0.3 is 24.0 Å². The molecule has 98 heavy (non-hydrogen) atoms. The summed E-state index contributed by atoms with van der Waals surface area (Å²) in [7, 11) is 8.10. The molecule has 0 saturated carbocycles. The van der Waals surface area contributed by atoms with Crippen LogP contribution >= 0.6 is 0 Å². The predicted molar refractivity (Wildman–Crippen MR) is 365 cm³/mol. The molecule has 0 radical (unpaired) electrons. The van der Waals surface area contributed by atoms with Gasteiger partial charge in [-0.1, -0.05) is 0 Å². The lowest BCUT2D eigenvalue weighted by Gasteiger charge is -2.35. The van der Waals surface area contributed by atoms with Crippen molar-refractivity contribution in [1.82, 2.24) is 49.5 Å². The molecule has 30 nitrogen and oxygen atoms in total. The molecule has 0 atom stereocenters. The molecule has 0 unspecified atom stereocenters. The first-order valence-corrected chi connectivity index (χ1v) is 33.2. The van der Waals surface area contributed by atoms with Crippen LogP contribution in [-0.2, 0) is 38.2 Å². The third-order valence-electron chi connectivity index (χ3n) is 17.9. The average molecular weight is 1340 g/mol. The molecule has 6 fully saturated rings. The van der Waals surface area contributed by atoms with Crippen LogP contribution in [0.5, 0.6) is 0 Å². The van der Waals surface area contributed by atoms with Gasteiger partial charge < -0.3 is 78.5 Å². The number of nitrogens with one attached hydrogen (secondary N) is 2. The van der Waals surface area contributed by atoms with Crippen molar-refractivity contribution in [2.24, 2.45) is 0 Å². The number of piperidine rings is 2. The lowest BCUT2D eigenvalue weighted by Crippen LogP contribution is -2.44. The first-order valence-electron chi connectivity index (χ1n) is 33.2. The molecule has 0 aliphatic carbocycles. The molecule has 6 aromatic rings. The second kappa shape index (κ2) is 31.9. The van der Waals surface area contributed by atoms with Crippen LogP contribution in [-0.4, -0.2) is 257 Å². The molecule has 8 heterocycles. The van der Waals surface area contributed by atoms with Gasteiger partial charge in [0.25, 0.3) is 11.8 Å². The Morgan fingerprint density at radius 3 is 0.959 bits per heavy atom. The van der Waals surface area contributed by atoms with Gasteiger partial charge in [-0.25, -0.2) is 19.2 Å². The van der Waals surface area contributed by atoms with Gasteiger partial charge in [0.2, 0.25) is 23.8 Å². The molecule has 6 aliphatic heterocycles. The number of aromatic nitrogens is 6. The molecule has 0 bridgehead atoms. The Morgan fingerprint density at radius 2 is 0.684 bits per heavy atom. The summed E-state index contributed by atoms with van der Waals surface area (Å²) in [4.78, 5) is 141. The van der Waals surface area contributed by atoms with Crippen LogP contribution in [0.2, 0.25) is 0 Å². The van der Waals surface area contributed by atoms with E-state index in [0.29, 0.717) is 223 Å². The second-order valence-electron chi connectivity index (χ2n) is 24.7. The molecule has 4 aromatic carbocycles. The molecule has 2 aromatic heterocycles. The van der Waals surface area contributed by atoms with Gasteiger partial charge in [-0.2, -0.15) is 29.9 Å². The Morgan fingerprint density at radius 1 is 0.398 bits per heavy atom. The number of carbonyl (C=O) groups is 6. The smallest absolute Gasteiger partial charge is 0.359 e. The zero-order chi connectivity index (χ0) is 68.1. The van der Waals surface area contributed by atoms with Crippen molar-refractivity contribution in [2.75, 3.05) is 200 Å². The van der Waals surface area contributed by atoms with Gasteiger partial charge in [0, 0.05) is 136 Å². The van der Waals surface area contributed by atoms with Crippen LogP contribution in [0.4, 0.5) is 56.1 Å². The number of hydroxylamine groups is 2. The molecule has 516 valence electrons. The molecule has 0 spiro atoms. The normalized spacial score (nSPS) is 17.4. The quantitative estimate of drug-likeness (QED) is 0.0915. The second-order valence-corrected chi connectivity index (χ2v) is 24.7. The number of hydrogen-bond donors (Lipinski definition) is 2. The zero-order valence-corrected chi connectivity index (χ0v) is 55.6. The number of rotatable bonds is 16. The molecular weight excluding hydrogens is 1260 g/mol. The maximum Gasteiger partial charge on any atom is 0.359 e. The van der Waals surface area contributed by atoms with Gasteiger partial charge in [-0.15, -0.1) is 10.1 Å². The maximum absolute atomic E-state index is 14.5. The molecule has 6 saturated heterocycles. The number of hydrogen-bond acceptors (Lipinski definition) is 24. The molecule has 6 amide bonds. The summed E-state index contributed by atoms with van der Waals surface area (Å²) in [5, 5.41) is 6.98. The first-order chi connectivity index (χ1) is 47.7. The third kappa shape index (κ3) is 17.0. The Hall–Kier alpha value is -9.98. The number of ether oxygens (including phenoxy) is 4. The van der Waals surface area contributed by atoms with Crippen LogP contribution in [0.3, 0.4) is 0 Å². The molecule has 2 N–H and O–H groups in total. The maximum atomic E-state index is 14.5. The monoisotopic (exact) mass is 1340 g/mol. The first kappa shape index (κ1) is 68.0. The van der Waals surface area contributed by atoms with E-state index in [4.69, 9.17) is 58.5 Å². The van der Waals surface area contributed by atoms with Gasteiger partial charge in [-0.05, 0) is 151 Å². The number of anilines is 8. The minimum atomic E-state index is -1.20. The van der Waals surface area contributed by atoms with Crippen LogP contribution in [0.15, 0.2) is 109 Å². The van der Waals surface area contributed by atoms with E-state index in [1.807, 2.05) is 28.2 Å². The SMILES string of the molecule is CN(C)C1CCN(C(=O)c2ccc(N(OC(=O)/C=C\C(=O)ON(C(=O)Nc3ccc(-c4nc(N5CCOCC5)nc(N5CCOCC5)n4)cc3)c3ccc(C(=O)N4CCC(N(C)C)CC4)cc3)C(=O)Nc3ccc(-c4nc(N5CCOCC5)nc(N5CCOCC5)n4)cc3)cc2)CC1.